The molecule has 3 unspecified atom stereocenters. The number of fused-ring (bicyclic) bond motifs is 4. The van der Waals surface area contributed by atoms with Crippen LogP contribution in [0.5, 0.6) is 5.75 Å². The number of aliphatic hydroxyl groups excluding tert-OH is 1. The molecule has 2 aromatic rings. The lowest BCUT2D eigenvalue weighted by atomic mass is 9.71. The zero-order valence-corrected chi connectivity index (χ0v) is 18.1. The van der Waals surface area contributed by atoms with Gasteiger partial charge in [-0.2, -0.15) is 0 Å². The molecule has 1 aromatic heterocycles. The number of quaternary nitrogens is 1. The van der Waals surface area contributed by atoms with Crippen molar-refractivity contribution >= 4 is 10.9 Å². The van der Waals surface area contributed by atoms with Crippen LogP contribution in [0.3, 0.4) is 0 Å². The van der Waals surface area contributed by atoms with E-state index in [0.717, 1.165) is 46.2 Å². The molecule has 0 saturated carbocycles. The Labute approximate surface area is 174 Å². The molecule has 0 amide bonds. The molecule has 5 rings (SSSR count). The zero-order chi connectivity index (χ0) is 20.6. The zero-order valence-electron chi connectivity index (χ0n) is 18.1. The van der Waals surface area contributed by atoms with E-state index in [1.54, 1.807) is 7.11 Å². The molecule has 1 aromatic carbocycles. The molecule has 4 heterocycles. The molecule has 4 heteroatoms. The highest BCUT2D eigenvalue weighted by molar-refractivity contribution is 5.83. The predicted octanol–water partition coefficient (Wildman–Crippen LogP) is 4.73. The Bertz CT molecular complexity index is 880. The normalized spacial score (nSPS) is 29.9. The van der Waals surface area contributed by atoms with Crippen molar-refractivity contribution in [2.75, 3.05) is 26.7 Å². The number of hydrogen-bond acceptors (Lipinski definition) is 3. The van der Waals surface area contributed by atoms with Gasteiger partial charge < -0.3 is 14.3 Å². The van der Waals surface area contributed by atoms with Crippen LogP contribution in [-0.2, 0) is 0 Å². The molecule has 3 aliphatic heterocycles. The molecule has 1 N–H and O–H groups in total. The fourth-order valence-corrected chi connectivity index (χ4v) is 5.74. The molecule has 0 radical (unpaired) electrons. The van der Waals surface area contributed by atoms with Gasteiger partial charge in [0, 0.05) is 30.3 Å². The minimum Gasteiger partial charge on any atom is -0.497 e. The van der Waals surface area contributed by atoms with Crippen molar-refractivity contribution in [3.63, 3.8) is 0 Å². The molecule has 2 bridgehead atoms. The minimum atomic E-state index is -0.492. The van der Waals surface area contributed by atoms with Gasteiger partial charge in [0.05, 0.1) is 32.3 Å². The van der Waals surface area contributed by atoms with E-state index in [2.05, 4.69) is 31.5 Å². The third-order valence-electron chi connectivity index (χ3n) is 7.49. The van der Waals surface area contributed by atoms with Gasteiger partial charge in [-0.15, -0.1) is 6.58 Å². The molecule has 0 aliphatic carbocycles. The highest BCUT2D eigenvalue weighted by Gasteiger charge is 2.53. The maximum absolute atomic E-state index is 11.7. The average molecular weight is 396 g/mol. The fourth-order valence-electron chi connectivity index (χ4n) is 5.74. The lowest BCUT2D eigenvalue weighted by Gasteiger charge is -2.58. The van der Waals surface area contributed by atoms with Gasteiger partial charge in [0.2, 0.25) is 0 Å². The van der Waals surface area contributed by atoms with Crippen molar-refractivity contribution in [2.24, 2.45) is 17.8 Å². The largest absolute Gasteiger partial charge is 0.497 e. The van der Waals surface area contributed by atoms with E-state index >= 15 is 0 Å². The van der Waals surface area contributed by atoms with Gasteiger partial charge in [0.25, 0.3) is 0 Å². The van der Waals surface area contributed by atoms with Crippen molar-refractivity contribution in [1.82, 2.24) is 4.98 Å². The van der Waals surface area contributed by atoms with Crippen molar-refractivity contribution in [2.45, 2.75) is 45.3 Å². The average Bonchev–Trinajstić information content (AvgIpc) is 2.76. The third-order valence-corrected chi connectivity index (χ3v) is 7.49. The number of hydrogen-bond donors (Lipinski definition) is 1. The first-order valence-electron chi connectivity index (χ1n) is 11.1. The maximum atomic E-state index is 11.7. The summed E-state index contributed by atoms with van der Waals surface area (Å²) in [5, 5.41) is 12.7. The molecule has 0 spiro atoms. The lowest BCUT2D eigenvalue weighted by molar-refractivity contribution is -0.973. The standard InChI is InChI=1S/C25H35N2O2/c1-5-18-16-27(12-9-17(2)3)13-10-19(18)14-24(27)25(28)21-8-11-26-23-7-6-20(29-4)15-22(21)23/h5-8,11,15,17-19,24-25,28H,1,9-10,12-14,16H2,2-4H3/q+1/t18?,19?,24-,25-,27?/m0/s1. The first-order valence-corrected chi connectivity index (χ1v) is 11.1. The molecule has 3 fully saturated rings. The summed E-state index contributed by atoms with van der Waals surface area (Å²) >= 11 is 0. The van der Waals surface area contributed by atoms with Crippen molar-refractivity contribution in [3.05, 3.63) is 48.7 Å². The second-order valence-corrected chi connectivity index (χ2v) is 9.51. The summed E-state index contributed by atoms with van der Waals surface area (Å²) in [6.07, 6.45) is 7.03. The van der Waals surface area contributed by atoms with Crippen LogP contribution in [0, 0.1) is 17.8 Å². The molecule has 5 atom stereocenters. The van der Waals surface area contributed by atoms with E-state index in [1.807, 2.05) is 30.5 Å². The van der Waals surface area contributed by atoms with Crippen molar-refractivity contribution in [1.29, 1.82) is 0 Å². The first-order chi connectivity index (χ1) is 14.0. The Morgan fingerprint density at radius 2 is 2.17 bits per heavy atom. The van der Waals surface area contributed by atoms with Crippen LogP contribution >= 0.6 is 0 Å². The summed E-state index contributed by atoms with van der Waals surface area (Å²) in [4.78, 5) is 4.51. The van der Waals surface area contributed by atoms with Crippen LogP contribution in [0.15, 0.2) is 43.1 Å². The highest BCUT2D eigenvalue weighted by atomic mass is 16.5. The molecule has 4 nitrogen and oxygen atoms in total. The van der Waals surface area contributed by atoms with Gasteiger partial charge in [0.1, 0.15) is 17.9 Å². The van der Waals surface area contributed by atoms with Gasteiger partial charge in [-0.25, -0.2) is 0 Å². The van der Waals surface area contributed by atoms with Crippen LogP contribution in [-0.4, -0.2) is 47.4 Å². The summed E-state index contributed by atoms with van der Waals surface area (Å²) in [7, 11) is 1.68. The van der Waals surface area contributed by atoms with E-state index in [4.69, 9.17) is 4.74 Å². The summed E-state index contributed by atoms with van der Waals surface area (Å²) in [6.45, 7) is 12.2. The quantitative estimate of drug-likeness (QED) is 0.544. The lowest BCUT2D eigenvalue weighted by Crippen LogP contribution is -2.68. The van der Waals surface area contributed by atoms with Gasteiger partial charge in [0.15, 0.2) is 0 Å². The summed E-state index contributed by atoms with van der Waals surface area (Å²) in [5.41, 5.74) is 1.90. The van der Waals surface area contributed by atoms with Crippen molar-refractivity contribution in [3.8, 4) is 5.75 Å². The Balaban J connectivity index is 1.72. The number of benzene rings is 1. The van der Waals surface area contributed by atoms with Crippen molar-refractivity contribution < 1.29 is 14.3 Å². The number of nitrogens with zero attached hydrogens (tertiary/aromatic N) is 2. The first kappa shape index (κ1) is 20.4. The van der Waals surface area contributed by atoms with E-state index < -0.39 is 6.10 Å². The summed E-state index contributed by atoms with van der Waals surface area (Å²) < 4.78 is 6.47. The molecule has 3 saturated heterocycles. The number of aliphatic hydroxyl groups is 1. The summed E-state index contributed by atoms with van der Waals surface area (Å²) in [5.74, 6) is 2.70. The number of aromatic nitrogens is 1. The minimum absolute atomic E-state index is 0.237. The molecular weight excluding hydrogens is 360 g/mol. The molecule has 156 valence electrons. The smallest absolute Gasteiger partial charge is 0.131 e. The van der Waals surface area contributed by atoms with E-state index in [1.165, 1.54) is 19.4 Å². The Hall–Kier alpha value is -1.91. The number of ether oxygens (including phenoxy) is 1. The monoisotopic (exact) mass is 395 g/mol. The van der Waals surface area contributed by atoms with Crippen LogP contribution < -0.4 is 4.74 Å². The number of pyridine rings is 1. The number of rotatable bonds is 7. The van der Waals surface area contributed by atoms with Crippen LogP contribution in [0.4, 0.5) is 0 Å². The maximum Gasteiger partial charge on any atom is 0.131 e. The van der Waals surface area contributed by atoms with E-state index in [-0.39, 0.29) is 6.04 Å². The second-order valence-electron chi connectivity index (χ2n) is 9.51. The van der Waals surface area contributed by atoms with Gasteiger partial charge >= 0.3 is 0 Å². The Morgan fingerprint density at radius 1 is 1.34 bits per heavy atom. The van der Waals surface area contributed by atoms with Gasteiger partial charge in [-0.1, -0.05) is 19.9 Å². The third kappa shape index (κ3) is 3.69. The van der Waals surface area contributed by atoms with E-state index in [9.17, 15) is 5.11 Å². The Kier molecular flexibility index (Phi) is 5.67. The van der Waals surface area contributed by atoms with Crippen LogP contribution in [0.25, 0.3) is 10.9 Å². The van der Waals surface area contributed by atoms with E-state index in [0.29, 0.717) is 17.8 Å². The molecular formula is C25H35N2O2+. The highest BCUT2D eigenvalue weighted by Crippen LogP contribution is 2.47. The summed E-state index contributed by atoms with van der Waals surface area (Å²) in [6, 6.07) is 8.17. The fraction of sp³-hybridized carbons (Fsp3) is 0.560. The SMILES string of the molecule is C=CC1C[N+]2(CCC(C)C)CCC1C[C@H]2[C@@H](O)c1ccnc2ccc(OC)cc12. The van der Waals surface area contributed by atoms with Crippen LogP contribution in [0.2, 0.25) is 0 Å². The predicted molar refractivity (Wildman–Crippen MR) is 118 cm³/mol. The van der Waals surface area contributed by atoms with Crippen LogP contribution in [0.1, 0.15) is 44.8 Å². The van der Waals surface area contributed by atoms with Gasteiger partial charge in [-0.3, -0.25) is 4.98 Å². The Morgan fingerprint density at radius 3 is 2.90 bits per heavy atom. The number of piperidine rings is 3. The number of methoxy groups -OCH3 is 1. The topological polar surface area (TPSA) is 42.4 Å². The van der Waals surface area contributed by atoms with Gasteiger partial charge in [-0.05, 0) is 48.1 Å². The second kappa shape index (κ2) is 8.08. The molecule has 29 heavy (non-hydrogen) atoms. The molecule has 3 aliphatic rings.